The lowest BCUT2D eigenvalue weighted by atomic mass is 9.79. The lowest BCUT2D eigenvalue weighted by molar-refractivity contribution is 0.0746. The minimum atomic E-state index is 0.226. The molecule has 0 bridgehead atoms. The highest BCUT2D eigenvalue weighted by Crippen LogP contribution is 2.40. The molecular weight excluding hydrogens is 324 g/mol. The molecule has 2 nitrogen and oxygen atoms in total. The quantitative estimate of drug-likeness (QED) is 0.783. The van der Waals surface area contributed by atoms with Gasteiger partial charge in [-0.2, -0.15) is 0 Å². The maximum absolute atomic E-state index is 5.67. The molecule has 1 aromatic rings. The Kier molecular flexibility index (Phi) is 3.58. The lowest BCUT2D eigenvalue weighted by Crippen LogP contribution is -2.32. The second-order valence-electron chi connectivity index (χ2n) is 4.19. The van der Waals surface area contributed by atoms with Crippen molar-refractivity contribution >= 4 is 31.9 Å². The summed E-state index contributed by atoms with van der Waals surface area (Å²) >= 11 is 6.94. The summed E-state index contributed by atoms with van der Waals surface area (Å²) in [7, 11) is 0. The number of hydrogen-bond acceptors (Lipinski definition) is 2. The molecule has 2 rings (SSSR count). The Morgan fingerprint density at radius 2 is 2.40 bits per heavy atom. The number of halogens is 2. The van der Waals surface area contributed by atoms with Gasteiger partial charge in [0.05, 0.1) is 12.4 Å². The van der Waals surface area contributed by atoms with E-state index in [0.29, 0.717) is 6.10 Å². The van der Waals surface area contributed by atoms with E-state index in [0.717, 1.165) is 29.4 Å². The van der Waals surface area contributed by atoms with Crippen molar-refractivity contribution in [2.45, 2.75) is 25.9 Å². The fourth-order valence-corrected chi connectivity index (χ4v) is 3.44. The number of rotatable bonds is 3. The van der Waals surface area contributed by atoms with E-state index in [-0.39, 0.29) is 5.41 Å². The molecule has 84 valence electrons. The summed E-state index contributed by atoms with van der Waals surface area (Å²) in [5.41, 5.74) is 1.46. The average Bonchev–Trinajstić information content (AvgIpc) is 2.76. The maximum atomic E-state index is 5.67. The first-order valence-electron chi connectivity index (χ1n) is 5.07. The van der Waals surface area contributed by atoms with Gasteiger partial charge in [-0.05, 0) is 47.3 Å². The monoisotopic (exact) mass is 336 g/mol. The van der Waals surface area contributed by atoms with Crippen LogP contribution in [-0.4, -0.2) is 18.0 Å². The molecule has 0 aliphatic carbocycles. The van der Waals surface area contributed by atoms with E-state index in [1.807, 2.05) is 12.3 Å². The van der Waals surface area contributed by atoms with Gasteiger partial charge < -0.3 is 9.15 Å². The third kappa shape index (κ3) is 2.32. The van der Waals surface area contributed by atoms with Gasteiger partial charge in [0, 0.05) is 17.4 Å². The Labute approximate surface area is 107 Å². The molecule has 15 heavy (non-hydrogen) atoms. The van der Waals surface area contributed by atoms with E-state index in [1.54, 1.807) is 0 Å². The number of alkyl halides is 1. The van der Waals surface area contributed by atoms with E-state index in [4.69, 9.17) is 9.15 Å². The Hall–Kier alpha value is 0.200. The minimum Gasteiger partial charge on any atom is -0.457 e. The van der Waals surface area contributed by atoms with E-state index in [2.05, 4.69) is 38.8 Å². The second-order valence-corrected chi connectivity index (χ2v) is 5.54. The summed E-state index contributed by atoms with van der Waals surface area (Å²) in [4.78, 5) is 0. The van der Waals surface area contributed by atoms with Crippen molar-refractivity contribution < 1.29 is 9.15 Å². The third-order valence-electron chi connectivity index (χ3n) is 3.27. The van der Waals surface area contributed by atoms with Crippen molar-refractivity contribution in [1.82, 2.24) is 0 Å². The Morgan fingerprint density at radius 3 is 2.87 bits per heavy atom. The van der Waals surface area contributed by atoms with Crippen LogP contribution in [0.25, 0.3) is 0 Å². The summed E-state index contributed by atoms with van der Waals surface area (Å²) < 4.78 is 11.7. The highest BCUT2D eigenvalue weighted by Gasteiger charge is 2.40. The van der Waals surface area contributed by atoms with Gasteiger partial charge >= 0.3 is 0 Å². The van der Waals surface area contributed by atoms with Gasteiger partial charge in [0.15, 0.2) is 4.67 Å². The summed E-state index contributed by atoms with van der Waals surface area (Å²) in [6, 6.07) is 2.04. The van der Waals surface area contributed by atoms with E-state index >= 15 is 0 Å². The number of furan rings is 1. The molecule has 0 saturated carbocycles. The standard InChI is InChI=1S/C11H14Br2O2/c1-8-11(7-12,2-3-14-8)5-9-4-10(13)15-6-9/h4,6,8H,2-3,5,7H2,1H3. The molecule has 1 aliphatic heterocycles. The molecule has 2 unspecified atom stereocenters. The lowest BCUT2D eigenvalue weighted by Gasteiger charge is -2.29. The summed E-state index contributed by atoms with van der Waals surface area (Å²) in [5.74, 6) is 0. The van der Waals surface area contributed by atoms with Crippen molar-refractivity contribution in [2.24, 2.45) is 5.41 Å². The Morgan fingerprint density at radius 1 is 1.60 bits per heavy atom. The van der Waals surface area contributed by atoms with Crippen molar-refractivity contribution in [1.29, 1.82) is 0 Å². The predicted octanol–water partition coefficient (Wildman–Crippen LogP) is 3.77. The van der Waals surface area contributed by atoms with Gasteiger partial charge in [-0.25, -0.2) is 0 Å². The summed E-state index contributed by atoms with van der Waals surface area (Å²) in [6.07, 6.45) is 4.25. The molecule has 1 aromatic heterocycles. The van der Waals surface area contributed by atoms with Crippen molar-refractivity contribution in [3.8, 4) is 0 Å². The molecule has 0 N–H and O–H groups in total. The molecule has 0 aromatic carbocycles. The highest BCUT2D eigenvalue weighted by molar-refractivity contribution is 9.10. The summed E-state index contributed by atoms with van der Waals surface area (Å²) in [6.45, 7) is 3.02. The first-order valence-corrected chi connectivity index (χ1v) is 6.98. The van der Waals surface area contributed by atoms with E-state index in [9.17, 15) is 0 Å². The number of hydrogen-bond donors (Lipinski definition) is 0. The zero-order valence-electron chi connectivity index (χ0n) is 8.63. The average molecular weight is 338 g/mol. The van der Waals surface area contributed by atoms with Crippen LogP contribution in [-0.2, 0) is 11.2 Å². The molecule has 2 heterocycles. The van der Waals surface area contributed by atoms with Crippen molar-refractivity contribution in [3.05, 3.63) is 22.6 Å². The van der Waals surface area contributed by atoms with Crippen LogP contribution in [0.5, 0.6) is 0 Å². The van der Waals surface area contributed by atoms with Crippen LogP contribution >= 0.6 is 31.9 Å². The fraction of sp³-hybridized carbons (Fsp3) is 0.636. The third-order valence-corrected chi connectivity index (χ3v) is 4.81. The fourth-order valence-electron chi connectivity index (χ4n) is 2.12. The van der Waals surface area contributed by atoms with Crippen LogP contribution in [0.1, 0.15) is 18.9 Å². The maximum Gasteiger partial charge on any atom is 0.169 e. The molecule has 0 radical (unpaired) electrons. The normalized spacial score (nSPS) is 31.0. The van der Waals surface area contributed by atoms with Gasteiger partial charge in [-0.15, -0.1) is 0 Å². The molecule has 1 aliphatic rings. The minimum absolute atomic E-state index is 0.226. The smallest absolute Gasteiger partial charge is 0.169 e. The van der Waals surface area contributed by atoms with Crippen LogP contribution in [0.3, 0.4) is 0 Å². The molecule has 1 saturated heterocycles. The molecule has 4 heteroatoms. The topological polar surface area (TPSA) is 22.4 Å². The van der Waals surface area contributed by atoms with Crippen LogP contribution in [0.4, 0.5) is 0 Å². The Balaban J connectivity index is 2.14. The van der Waals surface area contributed by atoms with Crippen LogP contribution in [0.15, 0.2) is 21.4 Å². The molecule has 2 atom stereocenters. The highest BCUT2D eigenvalue weighted by atomic mass is 79.9. The van der Waals surface area contributed by atoms with E-state index < -0.39 is 0 Å². The van der Waals surface area contributed by atoms with Crippen LogP contribution in [0, 0.1) is 5.41 Å². The molecule has 0 amide bonds. The van der Waals surface area contributed by atoms with Gasteiger partial charge in [-0.3, -0.25) is 0 Å². The van der Waals surface area contributed by atoms with Gasteiger partial charge in [-0.1, -0.05) is 15.9 Å². The zero-order valence-corrected chi connectivity index (χ0v) is 11.8. The van der Waals surface area contributed by atoms with Gasteiger partial charge in [0.1, 0.15) is 0 Å². The first kappa shape index (κ1) is 11.7. The molecule has 0 spiro atoms. The number of ether oxygens (including phenoxy) is 1. The summed E-state index contributed by atoms with van der Waals surface area (Å²) in [5, 5.41) is 0.976. The van der Waals surface area contributed by atoms with Crippen molar-refractivity contribution in [2.75, 3.05) is 11.9 Å². The van der Waals surface area contributed by atoms with Crippen molar-refractivity contribution in [3.63, 3.8) is 0 Å². The van der Waals surface area contributed by atoms with Gasteiger partial charge in [0.2, 0.25) is 0 Å². The largest absolute Gasteiger partial charge is 0.457 e. The van der Waals surface area contributed by atoms with Gasteiger partial charge in [0.25, 0.3) is 0 Å². The Bertz CT molecular complexity index is 337. The first-order chi connectivity index (χ1) is 7.16. The van der Waals surface area contributed by atoms with Crippen LogP contribution < -0.4 is 0 Å². The molecule has 1 fully saturated rings. The molecular formula is C11H14Br2O2. The second kappa shape index (κ2) is 4.60. The predicted molar refractivity (Wildman–Crippen MR) is 66.4 cm³/mol. The van der Waals surface area contributed by atoms with E-state index in [1.165, 1.54) is 5.56 Å². The zero-order chi connectivity index (χ0) is 10.9. The van der Waals surface area contributed by atoms with Crippen LogP contribution in [0.2, 0.25) is 0 Å². The SMILES string of the molecule is CC1OCCC1(CBr)Cc1coc(Br)c1.